The number of nitrogens with two attached hydrogens (primary N) is 1. The Morgan fingerprint density at radius 2 is 2.00 bits per heavy atom. The molecule has 5 heteroatoms. The van der Waals surface area contributed by atoms with Crippen LogP contribution in [0.5, 0.6) is 5.75 Å². The summed E-state index contributed by atoms with van der Waals surface area (Å²) in [5, 5.41) is 0.593. The van der Waals surface area contributed by atoms with Crippen LogP contribution < -0.4 is 10.5 Å². The van der Waals surface area contributed by atoms with Gasteiger partial charge in [-0.2, -0.15) is 0 Å². The molecular formula is C12H14ClN3O. The Balaban J connectivity index is 2.45. The standard InChI is InChI=1S/C12H14ClN3O/c1-16-10(7-14)15-11(12(16)13)8-3-5-9(17-2)6-4-8/h3-6H,7,14H2,1-2H3. The normalized spacial score (nSPS) is 10.6. The second-order valence-corrected chi connectivity index (χ2v) is 4.02. The molecule has 1 aromatic heterocycles. The molecule has 0 aliphatic rings. The van der Waals surface area contributed by atoms with Crippen LogP contribution in [0.3, 0.4) is 0 Å². The zero-order valence-electron chi connectivity index (χ0n) is 9.77. The van der Waals surface area contributed by atoms with Gasteiger partial charge in [0.15, 0.2) is 0 Å². The summed E-state index contributed by atoms with van der Waals surface area (Å²) in [6.07, 6.45) is 0. The lowest BCUT2D eigenvalue weighted by Gasteiger charge is -2.01. The van der Waals surface area contributed by atoms with Gasteiger partial charge in [0, 0.05) is 12.6 Å². The Morgan fingerprint density at radius 3 is 2.47 bits per heavy atom. The number of rotatable bonds is 3. The van der Waals surface area contributed by atoms with Crippen LogP contribution in [0.25, 0.3) is 11.3 Å². The van der Waals surface area contributed by atoms with E-state index in [4.69, 9.17) is 22.1 Å². The van der Waals surface area contributed by atoms with Gasteiger partial charge in [0.05, 0.1) is 13.7 Å². The zero-order valence-corrected chi connectivity index (χ0v) is 10.5. The molecule has 90 valence electrons. The van der Waals surface area contributed by atoms with E-state index in [-0.39, 0.29) is 0 Å². The van der Waals surface area contributed by atoms with Crippen LogP contribution in [0.15, 0.2) is 24.3 Å². The minimum Gasteiger partial charge on any atom is -0.497 e. The van der Waals surface area contributed by atoms with Crippen LogP contribution in [-0.2, 0) is 13.6 Å². The van der Waals surface area contributed by atoms with Crippen LogP contribution in [-0.4, -0.2) is 16.7 Å². The van der Waals surface area contributed by atoms with Crippen molar-refractivity contribution < 1.29 is 4.74 Å². The first-order chi connectivity index (χ1) is 8.17. The van der Waals surface area contributed by atoms with Crippen molar-refractivity contribution in [2.75, 3.05) is 7.11 Å². The summed E-state index contributed by atoms with van der Waals surface area (Å²) < 4.78 is 6.90. The van der Waals surface area contributed by atoms with Gasteiger partial charge in [-0.05, 0) is 24.3 Å². The number of ether oxygens (including phenoxy) is 1. The van der Waals surface area contributed by atoms with Crippen LogP contribution in [0.2, 0.25) is 5.15 Å². The largest absolute Gasteiger partial charge is 0.497 e. The molecule has 0 spiro atoms. The van der Waals surface area contributed by atoms with E-state index in [0.29, 0.717) is 11.7 Å². The van der Waals surface area contributed by atoms with Gasteiger partial charge in [0.1, 0.15) is 22.4 Å². The lowest BCUT2D eigenvalue weighted by atomic mass is 10.1. The quantitative estimate of drug-likeness (QED) is 0.910. The maximum atomic E-state index is 6.21. The Labute approximate surface area is 105 Å². The van der Waals surface area contributed by atoms with Gasteiger partial charge in [-0.15, -0.1) is 0 Å². The maximum absolute atomic E-state index is 6.21. The van der Waals surface area contributed by atoms with Gasteiger partial charge in [-0.3, -0.25) is 0 Å². The van der Waals surface area contributed by atoms with Crippen LogP contribution in [0.4, 0.5) is 0 Å². The molecule has 0 aliphatic carbocycles. The van der Waals surface area contributed by atoms with E-state index in [9.17, 15) is 0 Å². The summed E-state index contributed by atoms with van der Waals surface area (Å²) in [4.78, 5) is 4.42. The molecule has 4 nitrogen and oxygen atoms in total. The van der Waals surface area contributed by atoms with Gasteiger partial charge in [-0.25, -0.2) is 4.98 Å². The van der Waals surface area contributed by atoms with Crippen molar-refractivity contribution in [3.8, 4) is 17.0 Å². The molecule has 0 bridgehead atoms. The Hall–Kier alpha value is -1.52. The lowest BCUT2D eigenvalue weighted by molar-refractivity contribution is 0.415. The van der Waals surface area contributed by atoms with E-state index in [1.807, 2.05) is 31.3 Å². The van der Waals surface area contributed by atoms with Crippen molar-refractivity contribution in [2.24, 2.45) is 12.8 Å². The first kappa shape index (κ1) is 12.0. The molecule has 0 amide bonds. The molecule has 17 heavy (non-hydrogen) atoms. The Kier molecular flexibility index (Phi) is 3.36. The fraction of sp³-hybridized carbons (Fsp3) is 0.250. The molecule has 0 unspecified atom stereocenters. The maximum Gasteiger partial charge on any atom is 0.136 e. The first-order valence-corrected chi connectivity index (χ1v) is 5.60. The second-order valence-electron chi connectivity index (χ2n) is 3.66. The third-order valence-electron chi connectivity index (χ3n) is 2.66. The summed E-state index contributed by atoms with van der Waals surface area (Å²) >= 11 is 6.21. The van der Waals surface area contributed by atoms with Crippen LogP contribution in [0.1, 0.15) is 5.82 Å². The summed E-state index contributed by atoms with van der Waals surface area (Å²) in [6, 6.07) is 7.60. The van der Waals surface area contributed by atoms with Crippen molar-refractivity contribution in [1.82, 2.24) is 9.55 Å². The lowest BCUT2D eigenvalue weighted by Crippen LogP contribution is -2.04. The fourth-order valence-electron chi connectivity index (χ4n) is 1.64. The van der Waals surface area contributed by atoms with E-state index in [1.54, 1.807) is 11.7 Å². The fourth-order valence-corrected chi connectivity index (χ4v) is 1.89. The summed E-state index contributed by atoms with van der Waals surface area (Å²) in [7, 11) is 3.49. The number of nitrogens with zero attached hydrogens (tertiary/aromatic N) is 2. The number of halogens is 1. The van der Waals surface area contributed by atoms with Gasteiger partial charge in [0.25, 0.3) is 0 Å². The summed E-state index contributed by atoms with van der Waals surface area (Å²) in [5.41, 5.74) is 7.29. The molecule has 0 saturated carbocycles. The van der Waals surface area contributed by atoms with Crippen molar-refractivity contribution in [2.45, 2.75) is 6.54 Å². The number of hydrogen-bond acceptors (Lipinski definition) is 3. The molecule has 0 atom stereocenters. The summed E-state index contributed by atoms with van der Waals surface area (Å²) in [6.45, 7) is 0.367. The highest BCUT2D eigenvalue weighted by molar-refractivity contribution is 6.32. The van der Waals surface area contributed by atoms with Crippen molar-refractivity contribution in [3.05, 3.63) is 35.2 Å². The minimum absolute atomic E-state index is 0.367. The van der Waals surface area contributed by atoms with Gasteiger partial charge < -0.3 is 15.0 Å². The van der Waals surface area contributed by atoms with Crippen LogP contribution in [0, 0.1) is 0 Å². The third-order valence-corrected chi connectivity index (χ3v) is 3.10. The minimum atomic E-state index is 0.367. The van der Waals surface area contributed by atoms with E-state index in [0.717, 1.165) is 22.8 Å². The molecule has 0 saturated heterocycles. The van der Waals surface area contributed by atoms with E-state index in [1.165, 1.54) is 0 Å². The Morgan fingerprint density at radius 1 is 1.35 bits per heavy atom. The summed E-state index contributed by atoms with van der Waals surface area (Å²) in [5.74, 6) is 1.57. The number of hydrogen-bond donors (Lipinski definition) is 1. The van der Waals surface area contributed by atoms with E-state index >= 15 is 0 Å². The predicted octanol–water partition coefficient (Wildman–Crippen LogP) is 2.21. The number of benzene rings is 1. The average Bonchev–Trinajstić information content (AvgIpc) is 2.66. The smallest absolute Gasteiger partial charge is 0.136 e. The van der Waals surface area contributed by atoms with Crippen LogP contribution >= 0.6 is 11.6 Å². The van der Waals surface area contributed by atoms with Gasteiger partial charge >= 0.3 is 0 Å². The molecule has 1 aromatic carbocycles. The molecule has 2 N–H and O–H groups in total. The molecule has 0 fully saturated rings. The van der Waals surface area contributed by atoms with Gasteiger partial charge in [0.2, 0.25) is 0 Å². The highest BCUT2D eigenvalue weighted by Gasteiger charge is 2.13. The van der Waals surface area contributed by atoms with Crippen molar-refractivity contribution in [1.29, 1.82) is 0 Å². The first-order valence-electron chi connectivity index (χ1n) is 5.23. The number of imidazole rings is 1. The molecule has 0 radical (unpaired) electrons. The zero-order chi connectivity index (χ0) is 12.4. The van der Waals surface area contributed by atoms with Gasteiger partial charge in [-0.1, -0.05) is 11.6 Å². The molecule has 1 heterocycles. The highest BCUT2D eigenvalue weighted by atomic mass is 35.5. The highest BCUT2D eigenvalue weighted by Crippen LogP contribution is 2.28. The van der Waals surface area contributed by atoms with Crippen molar-refractivity contribution in [3.63, 3.8) is 0 Å². The molecule has 0 aliphatic heterocycles. The molecule has 2 rings (SSSR count). The van der Waals surface area contributed by atoms with E-state index in [2.05, 4.69) is 4.98 Å². The SMILES string of the molecule is COc1ccc(-c2nc(CN)n(C)c2Cl)cc1. The molecule has 2 aromatic rings. The number of methoxy groups -OCH3 is 1. The molecular weight excluding hydrogens is 238 g/mol. The average molecular weight is 252 g/mol. The Bertz CT molecular complexity index is 519. The second kappa shape index (κ2) is 4.77. The van der Waals surface area contributed by atoms with E-state index < -0.39 is 0 Å². The van der Waals surface area contributed by atoms with Crippen molar-refractivity contribution >= 4 is 11.6 Å². The topological polar surface area (TPSA) is 53.1 Å². The number of aromatic nitrogens is 2. The monoisotopic (exact) mass is 251 g/mol. The predicted molar refractivity (Wildman–Crippen MR) is 68.1 cm³/mol. The third kappa shape index (κ3) is 2.14.